The molecule has 0 atom stereocenters. The Kier molecular flexibility index (Phi) is 4.25. The van der Waals surface area contributed by atoms with E-state index in [1.807, 2.05) is 24.3 Å². The van der Waals surface area contributed by atoms with Crippen LogP contribution < -0.4 is 5.32 Å². The molecule has 0 saturated carbocycles. The molecule has 0 aliphatic carbocycles. The monoisotopic (exact) mass is 420 g/mol. The molecule has 0 unspecified atom stereocenters. The lowest BCUT2D eigenvalue weighted by molar-refractivity contribution is -0.112. The van der Waals surface area contributed by atoms with E-state index in [0.29, 0.717) is 17.2 Å². The molecule has 1 aromatic heterocycles. The smallest absolute Gasteiger partial charge is 0.259 e. The van der Waals surface area contributed by atoms with Crippen molar-refractivity contribution in [2.45, 2.75) is 0 Å². The van der Waals surface area contributed by atoms with E-state index < -0.39 is 15.9 Å². The van der Waals surface area contributed by atoms with Gasteiger partial charge in [0.2, 0.25) is 5.89 Å². The largest absolute Gasteiger partial charge is 0.436 e. The number of sulfonamides is 1. The molecular weight excluding hydrogens is 404 g/mol. The fourth-order valence-corrected chi connectivity index (χ4v) is 4.27. The second-order valence-corrected chi connectivity index (χ2v) is 8.59. The van der Waals surface area contributed by atoms with E-state index >= 15 is 0 Å². The molecular formula is C21H16N4O4S. The van der Waals surface area contributed by atoms with Crippen LogP contribution in [0.2, 0.25) is 0 Å². The zero-order chi connectivity index (χ0) is 20.7. The summed E-state index contributed by atoms with van der Waals surface area (Å²) in [5.74, 6) is 0.123. The number of fused-ring (bicyclic) bond motifs is 2. The zero-order valence-corrected chi connectivity index (χ0v) is 16.5. The third kappa shape index (κ3) is 3.39. The Hall–Kier alpha value is -3.72. The predicted octanol–water partition coefficient (Wildman–Crippen LogP) is 2.93. The number of benzene rings is 2. The number of nitrogens with one attached hydrogen (secondary N) is 1. The second kappa shape index (κ2) is 6.96. The van der Waals surface area contributed by atoms with E-state index in [9.17, 15) is 13.2 Å². The molecule has 2 aliphatic rings. The van der Waals surface area contributed by atoms with E-state index in [1.165, 1.54) is 0 Å². The van der Waals surface area contributed by atoms with Gasteiger partial charge in [-0.15, -0.1) is 4.40 Å². The van der Waals surface area contributed by atoms with Gasteiger partial charge in [0.25, 0.3) is 15.9 Å². The van der Waals surface area contributed by atoms with Gasteiger partial charge in [-0.3, -0.25) is 4.79 Å². The fraction of sp³-hybridized carbons (Fsp3) is 0.0952. The van der Waals surface area contributed by atoms with Crippen LogP contribution in [0, 0.1) is 0 Å². The first-order valence-electron chi connectivity index (χ1n) is 9.24. The molecule has 0 saturated heterocycles. The van der Waals surface area contributed by atoms with Gasteiger partial charge in [0.05, 0.1) is 11.3 Å². The molecule has 8 nitrogen and oxygen atoms in total. The normalized spacial score (nSPS) is 17.3. The number of nitrogens with zero attached hydrogens (tertiary/aromatic N) is 3. The van der Waals surface area contributed by atoms with Crippen LogP contribution >= 0.6 is 0 Å². The van der Waals surface area contributed by atoms with Crippen molar-refractivity contribution in [3.05, 3.63) is 72.5 Å². The van der Waals surface area contributed by atoms with Gasteiger partial charge in [-0.25, -0.2) is 13.4 Å². The van der Waals surface area contributed by atoms with Crippen molar-refractivity contribution in [3.8, 4) is 11.5 Å². The van der Waals surface area contributed by atoms with Crippen molar-refractivity contribution < 1.29 is 17.6 Å². The number of aromatic nitrogens is 1. The van der Waals surface area contributed by atoms with Crippen molar-refractivity contribution in [2.24, 2.45) is 4.40 Å². The molecule has 9 heteroatoms. The SMILES string of the molecule is O=C(Nc1ccc(-c2nc3ccccc3o2)cc1)C1=CC=CN2CCS(=O)(=O)N=C12. The van der Waals surface area contributed by atoms with Crippen LogP contribution in [-0.4, -0.2) is 42.3 Å². The predicted molar refractivity (Wildman–Crippen MR) is 113 cm³/mol. The van der Waals surface area contributed by atoms with E-state index in [1.54, 1.807) is 47.5 Å². The number of rotatable bonds is 3. The van der Waals surface area contributed by atoms with E-state index in [2.05, 4.69) is 14.7 Å². The number of carbonyl (C=O) groups is 1. The Morgan fingerprint density at radius 2 is 1.90 bits per heavy atom. The maximum atomic E-state index is 12.8. The summed E-state index contributed by atoms with van der Waals surface area (Å²) in [6.07, 6.45) is 4.96. The van der Waals surface area contributed by atoms with Crippen molar-refractivity contribution in [1.29, 1.82) is 0 Å². The summed E-state index contributed by atoms with van der Waals surface area (Å²) in [6.45, 7) is 0.265. The fourth-order valence-electron chi connectivity index (χ4n) is 3.28. The average Bonchev–Trinajstić information content (AvgIpc) is 3.17. The molecule has 150 valence electrons. The van der Waals surface area contributed by atoms with Crippen LogP contribution in [0.3, 0.4) is 0 Å². The molecule has 30 heavy (non-hydrogen) atoms. The number of oxazole rings is 1. The molecule has 0 radical (unpaired) electrons. The Morgan fingerprint density at radius 1 is 1.10 bits per heavy atom. The number of amides is 1. The zero-order valence-electron chi connectivity index (χ0n) is 15.6. The second-order valence-electron chi connectivity index (χ2n) is 6.83. The van der Waals surface area contributed by atoms with Crippen LogP contribution in [0.5, 0.6) is 0 Å². The molecule has 0 fully saturated rings. The summed E-state index contributed by atoms with van der Waals surface area (Å²) in [5.41, 5.74) is 3.01. The molecule has 1 N–H and O–H groups in total. The average molecular weight is 420 g/mol. The summed E-state index contributed by atoms with van der Waals surface area (Å²) >= 11 is 0. The molecule has 3 heterocycles. The van der Waals surface area contributed by atoms with Crippen molar-refractivity contribution in [1.82, 2.24) is 9.88 Å². The number of hydrogen-bond acceptors (Lipinski definition) is 6. The van der Waals surface area contributed by atoms with E-state index in [0.717, 1.165) is 11.1 Å². The first-order valence-corrected chi connectivity index (χ1v) is 10.8. The number of amidine groups is 1. The maximum Gasteiger partial charge on any atom is 0.259 e. The van der Waals surface area contributed by atoms with Gasteiger partial charge in [0, 0.05) is 24.0 Å². The number of carbonyl (C=O) groups excluding carboxylic acids is 1. The Balaban J connectivity index is 1.37. The van der Waals surface area contributed by atoms with Gasteiger partial charge in [0.15, 0.2) is 11.4 Å². The van der Waals surface area contributed by atoms with Gasteiger partial charge in [-0.05, 0) is 48.6 Å². The lowest BCUT2D eigenvalue weighted by Gasteiger charge is -2.28. The number of allylic oxidation sites excluding steroid dienone is 2. The number of anilines is 1. The first kappa shape index (κ1) is 18.3. The highest BCUT2D eigenvalue weighted by Gasteiger charge is 2.29. The van der Waals surface area contributed by atoms with Crippen LogP contribution in [0.15, 0.2) is 81.3 Å². The molecule has 2 aromatic carbocycles. The molecule has 2 aliphatic heterocycles. The van der Waals surface area contributed by atoms with Gasteiger partial charge >= 0.3 is 0 Å². The van der Waals surface area contributed by atoms with Crippen molar-refractivity contribution in [3.63, 3.8) is 0 Å². The topological polar surface area (TPSA) is 105 Å². The van der Waals surface area contributed by atoms with Crippen molar-refractivity contribution >= 4 is 38.6 Å². The van der Waals surface area contributed by atoms with Gasteiger partial charge in [0.1, 0.15) is 5.52 Å². The number of para-hydroxylation sites is 2. The number of hydrogen-bond donors (Lipinski definition) is 1. The van der Waals surface area contributed by atoms with E-state index in [-0.39, 0.29) is 23.7 Å². The summed E-state index contributed by atoms with van der Waals surface area (Å²) in [7, 11) is -3.57. The van der Waals surface area contributed by atoms with Crippen LogP contribution in [0.1, 0.15) is 0 Å². The highest BCUT2D eigenvalue weighted by atomic mass is 32.2. The summed E-state index contributed by atoms with van der Waals surface area (Å²) in [4.78, 5) is 18.9. The van der Waals surface area contributed by atoms with Crippen LogP contribution in [0.4, 0.5) is 5.69 Å². The lowest BCUT2D eigenvalue weighted by atomic mass is 10.1. The summed E-state index contributed by atoms with van der Waals surface area (Å²) < 4.78 is 33.2. The molecule has 3 aromatic rings. The van der Waals surface area contributed by atoms with Gasteiger partial charge in [-0.2, -0.15) is 0 Å². The Morgan fingerprint density at radius 3 is 2.70 bits per heavy atom. The lowest BCUT2D eigenvalue weighted by Crippen LogP contribution is -2.40. The standard InChI is InChI=1S/C21H16N4O4S/c26-20(16-4-3-11-25-12-13-30(27,28)24-19(16)25)22-15-9-7-14(8-10-15)21-23-17-5-1-2-6-18(17)29-21/h1-11H,12-13H2,(H,22,26). The third-order valence-corrected chi connectivity index (χ3v) is 5.94. The Bertz CT molecular complexity index is 1320. The molecule has 5 rings (SSSR count). The van der Waals surface area contributed by atoms with Crippen LogP contribution in [-0.2, 0) is 14.8 Å². The Labute approximate surface area is 172 Å². The van der Waals surface area contributed by atoms with E-state index in [4.69, 9.17) is 4.42 Å². The minimum atomic E-state index is -3.57. The highest BCUT2D eigenvalue weighted by molar-refractivity contribution is 7.90. The summed E-state index contributed by atoms with van der Waals surface area (Å²) in [5, 5.41) is 2.78. The molecule has 0 spiro atoms. The van der Waals surface area contributed by atoms with Gasteiger partial charge < -0.3 is 14.6 Å². The minimum Gasteiger partial charge on any atom is -0.436 e. The quantitative estimate of drug-likeness (QED) is 0.699. The maximum absolute atomic E-state index is 12.8. The van der Waals surface area contributed by atoms with Crippen LogP contribution in [0.25, 0.3) is 22.6 Å². The van der Waals surface area contributed by atoms with Crippen molar-refractivity contribution in [2.75, 3.05) is 17.6 Å². The third-order valence-electron chi connectivity index (χ3n) is 4.79. The first-order chi connectivity index (χ1) is 14.5. The van der Waals surface area contributed by atoms with Gasteiger partial charge in [-0.1, -0.05) is 12.1 Å². The molecule has 1 amide bonds. The minimum absolute atomic E-state index is 0.0764. The highest BCUT2D eigenvalue weighted by Crippen LogP contribution is 2.26. The summed E-state index contributed by atoms with van der Waals surface area (Å²) in [6, 6.07) is 14.6. The molecule has 0 bridgehead atoms.